The minimum atomic E-state index is -0.227. The first-order valence-electron chi connectivity index (χ1n) is 12.5. The molecule has 5 rings (SSSR count). The van der Waals surface area contributed by atoms with E-state index < -0.39 is 0 Å². The number of aromatic nitrogens is 2. The molecule has 7 heteroatoms. The topological polar surface area (TPSA) is 80.4 Å². The van der Waals surface area contributed by atoms with Gasteiger partial charge in [-0.2, -0.15) is 0 Å². The second kappa shape index (κ2) is 10.7. The van der Waals surface area contributed by atoms with Crippen LogP contribution in [0.2, 0.25) is 0 Å². The van der Waals surface area contributed by atoms with Gasteiger partial charge in [0.2, 0.25) is 0 Å². The molecule has 0 spiro atoms. The van der Waals surface area contributed by atoms with E-state index in [4.69, 9.17) is 4.42 Å². The van der Waals surface area contributed by atoms with Crippen molar-refractivity contribution in [2.75, 3.05) is 13.6 Å². The van der Waals surface area contributed by atoms with Crippen LogP contribution in [0.25, 0.3) is 22.0 Å². The molecule has 1 unspecified atom stereocenters. The zero-order chi connectivity index (χ0) is 25.8. The normalized spacial score (nSPS) is 12.1. The van der Waals surface area contributed by atoms with Gasteiger partial charge >= 0.3 is 0 Å². The lowest BCUT2D eigenvalue weighted by Gasteiger charge is -2.28. The lowest BCUT2D eigenvalue weighted by molar-refractivity contribution is 0.0716. The number of para-hydroxylation sites is 3. The van der Waals surface area contributed by atoms with Gasteiger partial charge in [-0.05, 0) is 43.0 Å². The van der Waals surface area contributed by atoms with Crippen LogP contribution in [0, 0.1) is 0 Å². The number of rotatable bonds is 9. The van der Waals surface area contributed by atoms with Crippen molar-refractivity contribution >= 4 is 33.8 Å². The number of nitrogens with one attached hydrogen (secondary N) is 1. The smallest absolute Gasteiger partial charge is 0.287 e. The zero-order valence-corrected chi connectivity index (χ0v) is 21.1. The third-order valence-corrected chi connectivity index (χ3v) is 6.94. The van der Waals surface area contributed by atoms with Gasteiger partial charge in [-0.3, -0.25) is 9.59 Å². The quantitative estimate of drug-likeness (QED) is 0.305. The lowest BCUT2D eigenvalue weighted by Crippen LogP contribution is -2.40. The molecule has 0 bridgehead atoms. The number of carbonyl (C=O) groups is 2. The van der Waals surface area contributed by atoms with Crippen molar-refractivity contribution in [2.45, 2.75) is 25.3 Å². The molecule has 0 radical (unpaired) electrons. The fourth-order valence-electron chi connectivity index (χ4n) is 4.79. The Morgan fingerprint density at radius 3 is 2.51 bits per heavy atom. The summed E-state index contributed by atoms with van der Waals surface area (Å²) in [5, 5.41) is 3.81. The highest BCUT2D eigenvalue weighted by Crippen LogP contribution is 2.24. The molecule has 1 N–H and O–H groups in total. The van der Waals surface area contributed by atoms with Gasteiger partial charge in [-0.25, -0.2) is 4.98 Å². The predicted octanol–water partition coefficient (Wildman–Crippen LogP) is 5.21. The fraction of sp³-hybridized carbons (Fsp3) is 0.233. The van der Waals surface area contributed by atoms with Crippen molar-refractivity contribution in [3.05, 3.63) is 102 Å². The van der Waals surface area contributed by atoms with Crippen molar-refractivity contribution in [1.82, 2.24) is 19.8 Å². The van der Waals surface area contributed by atoms with E-state index in [1.165, 1.54) is 11.8 Å². The van der Waals surface area contributed by atoms with Gasteiger partial charge in [-0.15, -0.1) is 0 Å². The van der Waals surface area contributed by atoms with Gasteiger partial charge in [0.1, 0.15) is 11.8 Å². The second-order valence-electron chi connectivity index (χ2n) is 9.27. The van der Waals surface area contributed by atoms with Crippen molar-refractivity contribution in [3.8, 4) is 0 Å². The molecular weight excluding hydrogens is 464 g/mol. The molecule has 1 atom stereocenters. The minimum absolute atomic E-state index is 0.0814. The molecule has 0 saturated carbocycles. The van der Waals surface area contributed by atoms with Crippen LogP contribution in [0.1, 0.15) is 39.4 Å². The zero-order valence-electron chi connectivity index (χ0n) is 21.1. The van der Waals surface area contributed by atoms with Crippen molar-refractivity contribution in [3.63, 3.8) is 0 Å². The van der Waals surface area contributed by atoms with Gasteiger partial charge in [0, 0.05) is 32.1 Å². The van der Waals surface area contributed by atoms with Crippen LogP contribution in [-0.2, 0) is 13.5 Å². The SMILES string of the molecule is CN(C(=O)c1coc2ccccc12)C(CCNC(=O)c1nc2ccccc2n1C)CCc1ccccc1. The number of furan rings is 1. The standard InChI is InChI=1S/C30H30N4O3/c1-33(30(36)24-20-37-27-15-9-6-12-23(24)27)22(17-16-21-10-4-3-5-11-21)18-19-31-29(35)28-32-25-13-7-8-14-26(25)34(28)2/h3-15,20,22H,16-19H2,1-2H3,(H,31,35). The van der Waals surface area contributed by atoms with Gasteiger partial charge < -0.3 is 19.2 Å². The Labute approximate surface area is 215 Å². The number of imidazole rings is 1. The van der Waals surface area contributed by atoms with Crippen molar-refractivity contribution in [2.24, 2.45) is 7.05 Å². The first-order valence-corrected chi connectivity index (χ1v) is 12.5. The summed E-state index contributed by atoms with van der Waals surface area (Å²) in [6.45, 7) is 0.422. The maximum absolute atomic E-state index is 13.5. The fourth-order valence-corrected chi connectivity index (χ4v) is 4.79. The molecule has 0 aliphatic rings. The average molecular weight is 495 g/mol. The molecule has 5 aromatic rings. The van der Waals surface area contributed by atoms with Crippen LogP contribution in [0.15, 0.2) is 89.5 Å². The van der Waals surface area contributed by atoms with Crippen LogP contribution < -0.4 is 5.32 Å². The van der Waals surface area contributed by atoms with E-state index in [-0.39, 0.29) is 17.9 Å². The Balaban J connectivity index is 1.30. The number of nitrogens with zero attached hydrogens (tertiary/aromatic N) is 3. The van der Waals surface area contributed by atoms with Crippen molar-refractivity contribution < 1.29 is 14.0 Å². The van der Waals surface area contributed by atoms with E-state index in [9.17, 15) is 9.59 Å². The molecule has 7 nitrogen and oxygen atoms in total. The largest absolute Gasteiger partial charge is 0.463 e. The molecule has 0 fully saturated rings. The van der Waals surface area contributed by atoms with Crippen LogP contribution >= 0.6 is 0 Å². The molecule has 188 valence electrons. The van der Waals surface area contributed by atoms with Crippen LogP contribution in [0.3, 0.4) is 0 Å². The number of amides is 2. The van der Waals surface area contributed by atoms with Crippen LogP contribution in [0.5, 0.6) is 0 Å². The number of benzene rings is 3. The van der Waals surface area contributed by atoms with Gasteiger partial charge in [0.25, 0.3) is 11.8 Å². The second-order valence-corrected chi connectivity index (χ2v) is 9.27. The third kappa shape index (κ3) is 5.11. The summed E-state index contributed by atoms with van der Waals surface area (Å²) in [5.41, 5.74) is 4.15. The predicted molar refractivity (Wildman–Crippen MR) is 145 cm³/mol. The molecule has 0 saturated heterocycles. The Morgan fingerprint density at radius 1 is 0.973 bits per heavy atom. The van der Waals surface area contributed by atoms with E-state index in [1.54, 1.807) is 9.47 Å². The average Bonchev–Trinajstić information content (AvgIpc) is 3.52. The number of hydrogen-bond acceptors (Lipinski definition) is 4. The van der Waals surface area contributed by atoms with Crippen LogP contribution in [0.4, 0.5) is 0 Å². The van der Waals surface area contributed by atoms with Gasteiger partial charge in [0.05, 0.1) is 16.6 Å². The number of fused-ring (bicyclic) bond motifs is 2. The molecule has 2 amide bonds. The lowest BCUT2D eigenvalue weighted by atomic mass is 10.0. The summed E-state index contributed by atoms with van der Waals surface area (Å²) < 4.78 is 7.42. The Kier molecular flexibility index (Phi) is 7.03. The van der Waals surface area contributed by atoms with Crippen LogP contribution in [-0.4, -0.2) is 45.9 Å². The Bertz CT molecular complexity index is 1540. The summed E-state index contributed by atoms with van der Waals surface area (Å²) in [4.78, 5) is 32.7. The number of carbonyl (C=O) groups excluding carboxylic acids is 2. The molecule has 0 aliphatic carbocycles. The van der Waals surface area contributed by atoms with E-state index in [1.807, 2.05) is 80.8 Å². The Hall–Kier alpha value is -4.39. The highest BCUT2D eigenvalue weighted by Gasteiger charge is 2.24. The monoisotopic (exact) mass is 494 g/mol. The van der Waals surface area contributed by atoms with Gasteiger partial charge in [0.15, 0.2) is 5.82 Å². The third-order valence-electron chi connectivity index (χ3n) is 6.94. The Morgan fingerprint density at radius 2 is 1.70 bits per heavy atom. The van der Waals surface area contributed by atoms with E-state index in [0.717, 1.165) is 29.3 Å². The van der Waals surface area contributed by atoms with E-state index in [2.05, 4.69) is 22.4 Å². The van der Waals surface area contributed by atoms with E-state index >= 15 is 0 Å². The maximum atomic E-state index is 13.5. The molecular formula is C30H30N4O3. The molecule has 2 aromatic heterocycles. The van der Waals surface area contributed by atoms with E-state index in [0.29, 0.717) is 29.9 Å². The minimum Gasteiger partial charge on any atom is -0.463 e. The summed E-state index contributed by atoms with van der Waals surface area (Å²) in [6, 6.07) is 25.4. The first kappa shape index (κ1) is 24.3. The van der Waals surface area contributed by atoms with Crippen molar-refractivity contribution in [1.29, 1.82) is 0 Å². The molecule has 3 aromatic carbocycles. The number of hydrogen-bond donors (Lipinski definition) is 1. The molecule has 2 heterocycles. The molecule has 37 heavy (non-hydrogen) atoms. The summed E-state index contributed by atoms with van der Waals surface area (Å²) in [7, 11) is 3.67. The summed E-state index contributed by atoms with van der Waals surface area (Å²) in [5.74, 6) is 0.0522. The highest BCUT2D eigenvalue weighted by molar-refractivity contribution is 6.05. The molecule has 0 aliphatic heterocycles. The summed E-state index contributed by atoms with van der Waals surface area (Å²) >= 11 is 0. The van der Waals surface area contributed by atoms with Gasteiger partial charge in [-0.1, -0.05) is 60.7 Å². The first-order chi connectivity index (χ1) is 18.0. The summed E-state index contributed by atoms with van der Waals surface area (Å²) in [6.07, 6.45) is 3.74. The highest BCUT2D eigenvalue weighted by atomic mass is 16.3. The number of aryl methyl sites for hydroxylation is 2. The maximum Gasteiger partial charge on any atom is 0.287 e.